The van der Waals surface area contributed by atoms with Crippen molar-refractivity contribution in [2.24, 2.45) is 0 Å². The summed E-state index contributed by atoms with van der Waals surface area (Å²) in [4.78, 5) is 45.4. The molecule has 0 aromatic carbocycles. The standard InChI is InChI=1S/C13H8O7.K/c1-19-11(17)3-2-7(14)12-6-4-8(15)9(16)5-10(6)20-13(12)18;/h2-5,15H,1H3;/q;+1/p-1/b3-2-;. The molecule has 1 heterocycles. The van der Waals surface area contributed by atoms with E-state index in [1.54, 1.807) is 0 Å². The summed E-state index contributed by atoms with van der Waals surface area (Å²) in [6.45, 7) is 0. The molecule has 0 fully saturated rings. The molecule has 102 valence electrons. The summed E-state index contributed by atoms with van der Waals surface area (Å²) < 4.78 is 9.02. The van der Waals surface area contributed by atoms with E-state index in [-0.39, 0.29) is 62.7 Å². The third-order valence-corrected chi connectivity index (χ3v) is 2.54. The van der Waals surface area contributed by atoms with Crippen molar-refractivity contribution in [2.75, 3.05) is 7.11 Å². The van der Waals surface area contributed by atoms with E-state index in [9.17, 15) is 24.3 Å². The van der Waals surface area contributed by atoms with Crippen LogP contribution in [0.4, 0.5) is 0 Å². The van der Waals surface area contributed by atoms with E-state index >= 15 is 0 Å². The van der Waals surface area contributed by atoms with Gasteiger partial charge in [0.25, 0.3) is 0 Å². The second kappa shape index (κ2) is 7.10. The van der Waals surface area contributed by atoms with E-state index in [4.69, 9.17) is 4.74 Å². The molecule has 0 atom stereocenters. The summed E-state index contributed by atoms with van der Waals surface area (Å²) in [5.41, 5.74) is -0.462. The molecule has 0 aromatic heterocycles. The predicted molar refractivity (Wildman–Crippen MR) is 60.5 cm³/mol. The Morgan fingerprint density at radius 2 is 1.90 bits per heavy atom. The van der Waals surface area contributed by atoms with Crippen LogP contribution in [0.25, 0.3) is 0 Å². The molecular formula is C13H7KO7. The Morgan fingerprint density at radius 3 is 2.52 bits per heavy atom. The van der Waals surface area contributed by atoms with E-state index in [1.807, 2.05) is 0 Å². The van der Waals surface area contributed by atoms with Crippen LogP contribution in [0.15, 0.2) is 47.0 Å². The monoisotopic (exact) mass is 314 g/mol. The van der Waals surface area contributed by atoms with Crippen molar-refractivity contribution in [1.29, 1.82) is 0 Å². The number of fused-ring (bicyclic) bond motifs is 1. The first kappa shape index (κ1) is 17.7. The average molecular weight is 314 g/mol. The largest absolute Gasteiger partial charge is 1.00 e. The second-order valence-corrected chi connectivity index (χ2v) is 3.78. The molecule has 0 unspecified atom stereocenters. The van der Waals surface area contributed by atoms with Gasteiger partial charge in [-0.2, -0.15) is 0 Å². The van der Waals surface area contributed by atoms with Crippen molar-refractivity contribution >= 4 is 23.5 Å². The van der Waals surface area contributed by atoms with E-state index in [0.717, 1.165) is 31.4 Å². The Kier molecular flexibility index (Phi) is 5.99. The molecule has 0 N–H and O–H groups in total. The van der Waals surface area contributed by atoms with E-state index in [2.05, 4.69) is 4.74 Å². The van der Waals surface area contributed by atoms with Crippen molar-refractivity contribution in [2.45, 2.75) is 0 Å². The fraction of sp³-hybridized carbons (Fsp3) is 0.0769. The molecule has 0 saturated carbocycles. The maximum Gasteiger partial charge on any atom is 1.00 e. The number of carbonyl (C=O) groups excluding carboxylic acids is 4. The number of ether oxygens (including phenoxy) is 2. The summed E-state index contributed by atoms with van der Waals surface area (Å²) in [6, 6.07) is 0. The minimum absolute atomic E-state index is 0. The fourth-order valence-electron chi connectivity index (χ4n) is 1.61. The Balaban J connectivity index is 0.00000220. The number of esters is 2. The zero-order valence-electron chi connectivity index (χ0n) is 11.2. The maximum absolute atomic E-state index is 11.8. The first-order chi connectivity index (χ1) is 9.43. The summed E-state index contributed by atoms with van der Waals surface area (Å²) >= 11 is 0. The van der Waals surface area contributed by atoms with Gasteiger partial charge in [0.1, 0.15) is 11.3 Å². The van der Waals surface area contributed by atoms with Crippen LogP contribution in [0, 0.1) is 0 Å². The van der Waals surface area contributed by atoms with Crippen molar-refractivity contribution in [3.8, 4) is 0 Å². The molecule has 0 saturated heterocycles. The van der Waals surface area contributed by atoms with Crippen LogP contribution in [-0.2, 0) is 28.7 Å². The Hall–Kier alpha value is -1.32. The molecule has 1 aliphatic carbocycles. The van der Waals surface area contributed by atoms with Crippen LogP contribution in [0.3, 0.4) is 0 Å². The van der Waals surface area contributed by atoms with Crippen LogP contribution in [-0.4, -0.2) is 30.6 Å². The zero-order chi connectivity index (χ0) is 14.9. The van der Waals surface area contributed by atoms with Gasteiger partial charge >= 0.3 is 63.3 Å². The van der Waals surface area contributed by atoms with Crippen LogP contribution in [0.5, 0.6) is 0 Å². The summed E-state index contributed by atoms with van der Waals surface area (Å²) in [7, 11) is 1.13. The quantitative estimate of drug-likeness (QED) is 0.225. The molecule has 7 nitrogen and oxygen atoms in total. The summed E-state index contributed by atoms with van der Waals surface area (Å²) in [5.74, 6) is -4.42. The molecule has 2 rings (SSSR count). The van der Waals surface area contributed by atoms with Gasteiger partial charge in [-0.3, -0.25) is 9.59 Å². The number of hydrogen-bond acceptors (Lipinski definition) is 7. The van der Waals surface area contributed by atoms with Crippen LogP contribution < -0.4 is 56.5 Å². The Labute approximate surface area is 161 Å². The molecule has 0 spiro atoms. The number of hydrogen-bond donors (Lipinski definition) is 0. The Bertz CT molecular complexity index is 664. The van der Waals surface area contributed by atoms with Gasteiger partial charge in [-0.1, -0.05) is 11.8 Å². The van der Waals surface area contributed by atoms with Gasteiger partial charge in [0.05, 0.1) is 7.11 Å². The normalized spacial score (nSPS) is 16.8. The van der Waals surface area contributed by atoms with Gasteiger partial charge < -0.3 is 14.6 Å². The second-order valence-electron chi connectivity index (χ2n) is 3.78. The average Bonchev–Trinajstić information content (AvgIpc) is 2.71. The predicted octanol–water partition coefficient (Wildman–Crippen LogP) is -4.15. The fourth-order valence-corrected chi connectivity index (χ4v) is 1.61. The zero-order valence-corrected chi connectivity index (χ0v) is 14.3. The molecule has 0 amide bonds. The molecular weight excluding hydrogens is 307 g/mol. The molecule has 1 aliphatic heterocycles. The van der Waals surface area contributed by atoms with Gasteiger partial charge in [0.15, 0.2) is 11.6 Å². The third kappa shape index (κ3) is 3.66. The van der Waals surface area contributed by atoms with Crippen molar-refractivity contribution in [3.05, 3.63) is 47.0 Å². The molecule has 8 heteroatoms. The van der Waals surface area contributed by atoms with Crippen LogP contribution >= 0.6 is 0 Å². The SMILES string of the molecule is COC(=O)/C=C\C(=O)C1=C2C=C([O-])C(=O)C=C2OC1=O.[K+]. The van der Waals surface area contributed by atoms with Gasteiger partial charge in [-0.05, 0) is 6.08 Å². The van der Waals surface area contributed by atoms with Gasteiger partial charge in [-0.25, -0.2) is 9.59 Å². The van der Waals surface area contributed by atoms with Crippen molar-refractivity contribution in [3.63, 3.8) is 0 Å². The summed E-state index contributed by atoms with van der Waals surface area (Å²) in [5, 5.41) is 11.3. The van der Waals surface area contributed by atoms with Gasteiger partial charge in [0.2, 0.25) is 0 Å². The number of rotatable bonds is 3. The molecule has 21 heavy (non-hydrogen) atoms. The Morgan fingerprint density at radius 1 is 1.24 bits per heavy atom. The summed E-state index contributed by atoms with van der Waals surface area (Å²) in [6.07, 6.45) is 3.37. The first-order valence-electron chi connectivity index (χ1n) is 5.36. The maximum atomic E-state index is 11.8. The van der Waals surface area contributed by atoms with Crippen molar-refractivity contribution in [1.82, 2.24) is 0 Å². The molecule has 2 aliphatic rings. The van der Waals surface area contributed by atoms with Gasteiger partial charge in [0, 0.05) is 17.7 Å². The number of allylic oxidation sites excluding steroid dienone is 3. The number of carbonyl (C=O) groups is 4. The topological polar surface area (TPSA) is 110 Å². The molecule has 0 radical (unpaired) electrons. The smallest absolute Gasteiger partial charge is 0.870 e. The molecule has 0 aromatic rings. The van der Waals surface area contributed by atoms with Crippen molar-refractivity contribution < 1.29 is 85.1 Å². The van der Waals surface area contributed by atoms with E-state index in [1.165, 1.54) is 0 Å². The van der Waals surface area contributed by atoms with Gasteiger partial charge in [-0.15, -0.1) is 0 Å². The first-order valence-corrected chi connectivity index (χ1v) is 5.36. The van der Waals surface area contributed by atoms with Crippen LogP contribution in [0.1, 0.15) is 0 Å². The minimum atomic E-state index is -0.982. The third-order valence-electron chi connectivity index (χ3n) is 2.54. The van der Waals surface area contributed by atoms with E-state index < -0.39 is 34.8 Å². The van der Waals surface area contributed by atoms with Crippen LogP contribution in [0.2, 0.25) is 0 Å². The minimum Gasteiger partial charge on any atom is -0.870 e. The van der Waals surface area contributed by atoms with E-state index in [0.29, 0.717) is 0 Å². The molecule has 0 bridgehead atoms. The number of ketones is 2. The number of methoxy groups -OCH3 is 1.